The first kappa shape index (κ1) is 22.3. The predicted molar refractivity (Wildman–Crippen MR) is 123 cm³/mol. The number of hydrogen-bond donors (Lipinski definition) is 4. The van der Waals surface area contributed by atoms with E-state index in [0.29, 0.717) is 25.4 Å². The minimum Gasteiger partial charge on any atom is -0.342 e. The summed E-state index contributed by atoms with van der Waals surface area (Å²) < 4.78 is 0. The van der Waals surface area contributed by atoms with Crippen LogP contribution in [0.1, 0.15) is 43.9 Å². The van der Waals surface area contributed by atoms with Crippen LogP contribution in [-0.4, -0.2) is 28.3 Å². The minimum absolute atomic E-state index is 0.0651. The largest absolute Gasteiger partial charge is 0.342 e. The molecule has 7 heteroatoms. The molecular weight excluding hydrogens is 390 g/mol. The number of guanidine groups is 1. The van der Waals surface area contributed by atoms with E-state index < -0.39 is 5.54 Å². The van der Waals surface area contributed by atoms with Crippen LogP contribution >= 0.6 is 0 Å². The zero-order valence-electron chi connectivity index (χ0n) is 18.6. The standard InChI is InChI=1S/C24H31N5O2/c1-16(2)13-24(4)21(30)29(22(25)28-24)15-19-9-7-18(8-10-19)14-26-23(31)27-20-11-5-17(3)6-12-20/h5-12,16H,13-15H2,1-4H3,(H2,25,28)(H2,26,27,31). The molecular formula is C24H31N5O2. The highest BCUT2D eigenvalue weighted by atomic mass is 16.2. The van der Waals surface area contributed by atoms with Crippen molar-refractivity contribution in [3.63, 3.8) is 0 Å². The zero-order valence-corrected chi connectivity index (χ0v) is 18.6. The van der Waals surface area contributed by atoms with Crippen molar-refractivity contribution in [2.45, 2.75) is 52.7 Å². The lowest BCUT2D eigenvalue weighted by Crippen LogP contribution is -2.44. The number of carbonyl (C=O) groups is 2. The summed E-state index contributed by atoms with van der Waals surface area (Å²) >= 11 is 0. The van der Waals surface area contributed by atoms with Gasteiger partial charge in [-0.05, 0) is 49.4 Å². The van der Waals surface area contributed by atoms with Crippen molar-refractivity contribution in [1.82, 2.24) is 15.5 Å². The third-order valence-corrected chi connectivity index (χ3v) is 5.32. The molecule has 7 nitrogen and oxygen atoms in total. The van der Waals surface area contributed by atoms with Crippen molar-refractivity contribution in [3.05, 3.63) is 65.2 Å². The zero-order chi connectivity index (χ0) is 22.6. The monoisotopic (exact) mass is 421 g/mol. The number of nitrogens with zero attached hydrogens (tertiary/aromatic N) is 1. The minimum atomic E-state index is -0.722. The smallest absolute Gasteiger partial charge is 0.319 e. The molecule has 0 bridgehead atoms. The van der Waals surface area contributed by atoms with E-state index in [-0.39, 0.29) is 17.9 Å². The van der Waals surface area contributed by atoms with Crippen LogP contribution in [0.3, 0.4) is 0 Å². The molecule has 0 aromatic heterocycles. The molecule has 31 heavy (non-hydrogen) atoms. The molecule has 1 fully saturated rings. The van der Waals surface area contributed by atoms with Crippen molar-refractivity contribution < 1.29 is 9.59 Å². The number of amides is 3. The maximum atomic E-state index is 12.9. The normalized spacial score (nSPS) is 18.3. The highest BCUT2D eigenvalue weighted by Crippen LogP contribution is 2.26. The number of urea groups is 1. The van der Waals surface area contributed by atoms with E-state index in [1.807, 2.05) is 62.4 Å². The number of rotatable bonds is 7. The highest BCUT2D eigenvalue weighted by Gasteiger charge is 2.45. The number of anilines is 1. The average Bonchev–Trinajstić information content (AvgIpc) is 2.91. The number of benzene rings is 2. The van der Waals surface area contributed by atoms with Crippen molar-refractivity contribution in [1.29, 1.82) is 5.41 Å². The fraction of sp³-hybridized carbons (Fsp3) is 0.375. The Kier molecular flexibility index (Phi) is 6.63. The lowest BCUT2D eigenvalue weighted by molar-refractivity contribution is -0.131. The topological polar surface area (TPSA) is 97.3 Å². The molecule has 0 saturated carbocycles. The summed E-state index contributed by atoms with van der Waals surface area (Å²) in [6.45, 7) is 8.74. The summed E-state index contributed by atoms with van der Waals surface area (Å²) in [6, 6.07) is 15.0. The molecule has 0 aliphatic carbocycles. The van der Waals surface area contributed by atoms with Crippen LogP contribution in [0.2, 0.25) is 0 Å². The van der Waals surface area contributed by atoms with E-state index >= 15 is 0 Å². The summed E-state index contributed by atoms with van der Waals surface area (Å²) in [4.78, 5) is 26.4. The van der Waals surface area contributed by atoms with Crippen molar-refractivity contribution in [2.24, 2.45) is 5.92 Å². The van der Waals surface area contributed by atoms with Crippen LogP contribution in [0.5, 0.6) is 0 Å². The van der Waals surface area contributed by atoms with Gasteiger partial charge in [0, 0.05) is 12.2 Å². The molecule has 1 aliphatic rings. The van der Waals surface area contributed by atoms with Crippen molar-refractivity contribution >= 4 is 23.6 Å². The van der Waals surface area contributed by atoms with E-state index in [4.69, 9.17) is 5.41 Å². The van der Waals surface area contributed by atoms with Gasteiger partial charge in [0.05, 0.1) is 6.54 Å². The predicted octanol–water partition coefficient (Wildman–Crippen LogP) is 3.99. The molecule has 3 amide bonds. The molecule has 1 aliphatic heterocycles. The van der Waals surface area contributed by atoms with Gasteiger partial charge in [0.2, 0.25) is 0 Å². The van der Waals surface area contributed by atoms with E-state index in [0.717, 1.165) is 22.4 Å². The van der Waals surface area contributed by atoms with Gasteiger partial charge in [-0.25, -0.2) is 4.79 Å². The first-order valence-electron chi connectivity index (χ1n) is 10.5. The Labute approximate surface area is 183 Å². The molecule has 3 rings (SSSR count). The van der Waals surface area contributed by atoms with E-state index in [9.17, 15) is 9.59 Å². The van der Waals surface area contributed by atoms with Crippen LogP contribution in [0.4, 0.5) is 10.5 Å². The average molecular weight is 422 g/mol. The second-order valence-corrected chi connectivity index (χ2v) is 8.79. The molecule has 4 N–H and O–H groups in total. The van der Waals surface area contributed by atoms with Crippen LogP contribution in [0.25, 0.3) is 0 Å². The van der Waals surface area contributed by atoms with E-state index in [1.54, 1.807) is 0 Å². The molecule has 2 aromatic rings. The third-order valence-electron chi connectivity index (χ3n) is 5.32. The van der Waals surface area contributed by atoms with Gasteiger partial charge in [-0.1, -0.05) is 55.8 Å². The van der Waals surface area contributed by atoms with Gasteiger partial charge in [0.15, 0.2) is 5.96 Å². The second-order valence-electron chi connectivity index (χ2n) is 8.79. The molecule has 164 valence electrons. The summed E-state index contributed by atoms with van der Waals surface area (Å²) in [7, 11) is 0. The summed E-state index contributed by atoms with van der Waals surface area (Å²) in [6.07, 6.45) is 0.681. The highest BCUT2D eigenvalue weighted by molar-refractivity contribution is 6.07. The molecule has 2 aromatic carbocycles. The second kappa shape index (κ2) is 9.20. The lowest BCUT2D eigenvalue weighted by Gasteiger charge is -2.24. The van der Waals surface area contributed by atoms with Crippen LogP contribution in [-0.2, 0) is 17.9 Å². The quantitative estimate of drug-likeness (QED) is 0.544. The van der Waals surface area contributed by atoms with Crippen LogP contribution < -0.4 is 16.0 Å². The Hall–Kier alpha value is -3.35. The first-order valence-corrected chi connectivity index (χ1v) is 10.5. The Morgan fingerprint density at radius 1 is 1.10 bits per heavy atom. The third kappa shape index (κ3) is 5.63. The van der Waals surface area contributed by atoms with Crippen LogP contribution in [0.15, 0.2) is 48.5 Å². The maximum absolute atomic E-state index is 12.9. The Balaban J connectivity index is 1.53. The summed E-state index contributed by atoms with van der Waals surface area (Å²) in [5.41, 5.74) is 3.04. The molecule has 1 heterocycles. The van der Waals surface area contributed by atoms with E-state index in [1.165, 1.54) is 4.90 Å². The number of aryl methyl sites for hydroxylation is 1. The fourth-order valence-corrected chi connectivity index (χ4v) is 3.83. The van der Waals surface area contributed by atoms with Gasteiger partial charge in [-0.3, -0.25) is 15.1 Å². The number of carbonyl (C=O) groups excluding carboxylic acids is 2. The summed E-state index contributed by atoms with van der Waals surface area (Å²) in [5, 5.41) is 16.9. The van der Waals surface area contributed by atoms with Crippen molar-refractivity contribution in [3.8, 4) is 0 Å². The van der Waals surface area contributed by atoms with Gasteiger partial charge in [-0.15, -0.1) is 0 Å². The first-order chi connectivity index (χ1) is 14.7. The number of hydrogen-bond acceptors (Lipinski definition) is 3. The Morgan fingerprint density at radius 2 is 1.71 bits per heavy atom. The fourth-order valence-electron chi connectivity index (χ4n) is 3.83. The molecule has 0 radical (unpaired) electrons. The van der Waals surface area contributed by atoms with Crippen LogP contribution in [0, 0.1) is 18.3 Å². The molecule has 1 saturated heterocycles. The van der Waals surface area contributed by atoms with Gasteiger partial charge in [0.1, 0.15) is 5.54 Å². The van der Waals surface area contributed by atoms with Gasteiger partial charge in [-0.2, -0.15) is 0 Å². The Bertz CT molecular complexity index is 953. The summed E-state index contributed by atoms with van der Waals surface area (Å²) in [5.74, 6) is 0.431. The SMILES string of the molecule is Cc1ccc(NC(=O)NCc2ccc(CN3C(=N)NC(C)(CC(C)C)C3=O)cc2)cc1. The Morgan fingerprint density at radius 3 is 2.32 bits per heavy atom. The molecule has 1 atom stereocenters. The number of nitrogens with one attached hydrogen (secondary N) is 4. The lowest BCUT2D eigenvalue weighted by atomic mass is 9.91. The van der Waals surface area contributed by atoms with Gasteiger partial charge in [0.25, 0.3) is 5.91 Å². The van der Waals surface area contributed by atoms with Crippen molar-refractivity contribution in [2.75, 3.05) is 5.32 Å². The van der Waals surface area contributed by atoms with Gasteiger partial charge < -0.3 is 16.0 Å². The van der Waals surface area contributed by atoms with Gasteiger partial charge >= 0.3 is 6.03 Å². The van der Waals surface area contributed by atoms with E-state index in [2.05, 4.69) is 29.8 Å². The molecule has 1 unspecified atom stereocenters. The molecule has 0 spiro atoms. The maximum Gasteiger partial charge on any atom is 0.319 e.